The molecule has 0 amide bonds. The van der Waals surface area contributed by atoms with Crippen LogP contribution in [0.15, 0.2) is 30.5 Å². The first kappa shape index (κ1) is 12.0. The predicted octanol–water partition coefficient (Wildman–Crippen LogP) is 2.52. The highest BCUT2D eigenvalue weighted by Gasteiger charge is 2.13. The molecule has 1 unspecified atom stereocenters. The van der Waals surface area contributed by atoms with Crippen LogP contribution in [0, 0.1) is 5.82 Å². The molecule has 0 spiro atoms. The van der Waals surface area contributed by atoms with E-state index in [9.17, 15) is 4.39 Å². The molecule has 90 valence electrons. The average molecular weight is 254 g/mol. The van der Waals surface area contributed by atoms with Crippen molar-refractivity contribution in [2.45, 2.75) is 12.3 Å². The van der Waals surface area contributed by atoms with E-state index >= 15 is 0 Å². The largest absolute Gasteiger partial charge is 0.255 e. The number of alkyl halides is 1. The molecule has 0 bridgehead atoms. The lowest BCUT2D eigenvalue weighted by atomic mass is 9.96. The van der Waals surface area contributed by atoms with Gasteiger partial charge in [0, 0.05) is 31.5 Å². The van der Waals surface area contributed by atoms with Crippen LogP contribution < -0.4 is 0 Å². The van der Waals surface area contributed by atoms with Crippen LogP contribution in [0.25, 0.3) is 0 Å². The van der Waals surface area contributed by atoms with Crippen LogP contribution in [-0.2, 0) is 13.5 Å². The van der Waals surface area contributed by atoms with E-state index in [4.69, 9.17) is 11.6 Å². The van der Waals surface area contributed by atoms with Crippen LogP contribution in [0.1, 0.15) is 17.2 Å². The van der Waals surface area contributed by atoms with Gasteiger partial charge in [-0.25, -0.2) is 4.39 Å². The molecule has 0 radical (unpaired) electrons. The molecule has 0 aliphatic rings. The first-order valence-corrected chi connectivity index (χ1v) is 5.89. The average Bonchev–Trinajstić information content (AvgIpc) is 2.73. The first-order chi connectivity index (χ1) is 8.19. The number of benzene rings is 1. The van der Waals surface area contributed by atoms with Crippen LogP contribution >= 0.6 is 11.6 Å². The quantitative estimate of drug-likeness (QED) is 0.784. The van der Waals surface area contributed by atoms with Crippen molar-refractivity contribution in [2.24, 2.45) is 7.05 Å². The third-order valence-electron chi connectivity index (χ3n) is 2.63. The second kappa shape index (κ2) is 5.27. The number of aryl methyl sites for hydroxylation is 1. The highest BCUT2D eigenvalue weighted by atomic mass is 35.5. The zero-order chi connectivity index (χ0) is 12.3. The Balaban J connectivity index is 2.13. The first-order valence-electron chi connectivity index (χ1n) is 5.35. The smallest absolute Gasteiger partial charge is 0.123 e. The van der Waals surface area contributed by atoms with E-state index in [2.05, 4.69) is 10.3 Å². The minimum absolute atomic E-state index is 0.133. The fourth-order valence-corrected chi connectivity index (χ4v) is 2.02. The molecule has 0 fully saturated rings. The zero-order valence-electron chi connectivity index (χ0n) is 9.48. The Kier molecular flexibility index (Phi) is 3.74. The molecular weight excluding hydrogens is 241 g/mol. The summed E-state index contributed by atoms with van der Waals surface area (Å²) in [5.74, 6) is 0.373. The monoisotopic (exact) mass is 253 g/mol. The van der Waals surface area contributed by atoms with E-state index in [1.807, 2.05) is 13.2 Å². The molecule has 3 nitrogen and oxygen atoms in total. The van der Waals surface area contributed by atoms with Gasteiger partial charge in [0.1, 0.15) is 5.82 Å². The third kappa shape index (κ3) is 3.03. The Labute approximate surface area is 104 Å². The molecule has 0 aliphatic heterocycles. The fourth-order valence-electron chi connectivity index (χ4n) is 1.74. The fraction of sp³-hybridized carbons (Fsp3) is 0.333. The van der Waals surface area contributed by atoms with Crippen molar-refractivity contribution < 1.29 is 4.39 Å². The topological polar surface area (TPSA) is 30.7 Å². The number of rotatable bonds is 4. The highest BCUT2D eigenvalue weighted by molar-refractivity contribution is 6.18. The zero-order valence-corrected chi connectivity index (χ0v) is 10.2. The lowest BCUT2D eigenvalue weighted by Crippen LogP contribution is -2.05. The molecule has 1 aromatic heterocycles. The van der Waals surface area contributed by atoms with E-state index in [1.54, 1.807) is 16.8 Å². The van der Waals surface area contributed by atoms with Gasteiger partial charge in [0.2, 0.25) is 0 Å². The van der Waals surface area contributed by atoms with Gasteiger partial charge in [-0.3, -0.25) is 4.68 Å². The number of hydrogen-bond acceptors (Lipinski definition) is 2. The van der Waals surface area contributed by atoms with Crippen molar-refractivity contribution in [3.63, 3.8) is 0 Å². The van der Waals surface area contributed by atoms with Crippen molar-refractivity contribution in [1.82, 2.24) is 15.0 Å². The third-order valence-corrected chi connectivity index (χ3v) is 3.01. The summed E-state index contributed by atoms with van der Waals surface area (Å²) in [5.41, 5.74) is 1.91. The van der Waals surface area contributed by atoms with Gasteiger partial charge < -0.3 is 0 Å². The Hall–Kier alpha value is -1.42. The van der Waals surface area contributed by atoms with Crippen LogP contribution in [-0.4, -0.2) is 20.9 Å². The van der Waals surface area contributed by atoms with E-state index in [0.717, 1.165) is 11.3 Å². The summed E-state index contributed by atoms with van der Waals surface area (Å²) < 4.78 is 14.5. The van der Waals surface area contributed by atoms with Gasteiger partial charge in [0.15, 0.2) is 0 Å². The van der Waals surface area contributed by atoms with E-state index in [-0.39, 0.29) is 11.7 Å². The molecule has 2 rings (SSSR count). The van der Waals surface area contributed by atoms with Gasteiger partial charge in [0.25, 0.3) is 0 Å². The van der Waals surface area contributed by atoms with Crippen LogP contribution in [0.3, 0.4) is 0 Å². The molecular formula is C12H13ClFN3. The number of halogens is 2. The number of hydrogen-bond donors (Lipinski definition) is 0. The Morgan fingerprint density at radius 2 is 2.06 bits per heavy atom. The summed E-state index contributed by atoms with van der Waals surface area (Å²) >= 11 is 5.95. The molecule has 0 saturated heterocycles. The summed E-state index contributed by atoms with van der Waals surface area (Å²) in [7, 11) is 1.82. The lowest BCUT2D eigenvalue weighted by molar-refractivity contribution is 0.625. The van der Waals surface area contributed by atoms with Crippen LogP contribution in [0.4, 0.5) is 4.39 Å². The second-order valence-electron chi connectivity index (χ2n) is 3.99. The maximum Gasteiger partial charge on any atom is 0.123 e. The van der Waals surface area contributed by atoms with Gasteiger partial charge in [-0.15, -0.1) is 16.7 Å². The maximum atomic E-state index is 12.8. The normalized spacial score (nSPS) is 12.6. The molecule has 0 saturated carbocycles. The highest BCUT2D eigenvalue weighted by Crippen LogP contribution is 2.21. The van der Waals surface area contributed by atoms with Crippen molar-refractivity contribution in [3.05, 3.63) is 47.5 Å². The predicted molar refractivity (Wildman–Crippen MR) is 64.6 cm³/mol. The van der Waals surface area contributed by atoms with Crippen LogP contribution in [0.2, 0.25) is 0 Å². The molecule has 5 heteroatoms. The molecule has 2 aromatic rings. The Morgan fingerprint density at radius 1 is 1.35 bits per heavy atom. The molecule has 0 aliphatic carbocycles. The number of aromatic nitrogens is 3. The van der Waals surface area contributed by atoms with E-state index in [0.29, 0.717) is 12.3 Å². The van der Waals surface area contributed by atoms with Crippen molar-refractivity contribution in [3.8, 4) is 0 Å². The van der Waals surface area contributed by atoms with Crippen molar-refractivity contribution in [1.29, 1.82) is 0 Å². The Morgan fingerprint density at radius 3 is 2.59 bits per heavy atom. The molecule has 1 aromatic carbocycles. The molecule has 0 N–H and O–H groups in total. The van der Waals surface area contributed by atoms with Crippen molar-refractivity contribution >= 4 is 11.6 Å². The van der Waals surface area contributed by atoms with Gasteiger partial charge >= 0.3 is 0 Å². The minimum atomic E-state index is -0.235. The van der Waals surface area contributed by atoms with Gasteiger partial charge in [-0.2, -0.15) is 0 Å². The van der Waals surface area contributed by atoms with Crippen LogP contribution in [0.5, 0.6) is 0 Å². The number of nitrogens with zero attached hydrogens (tertiary/aromatic N) is 3. The lowest BCUT2D eigenvalue weighted by Gasteiger charge is -2.12. The molecule has 1 atom stereocenters. The standard InChI is InChI=1S/C12H13ClFN3/c1-17-8-12(15-16-17)6-10(7-13)9-2-4-11(14)5-3-9/h2-5,8,10H,6-7H2,1H3. The molecule has 1 heterocycles. The summed E-state index contributed by atoms with van der Waals surface area (Å²) in [5, 5.41) is 7.90. The maximum absolute atomic E-state index is 12.8. The summed E-state index contributed by atoms with van der Waals surface area (Å²) in [6.07, 6.45) is 2.58. The van der Waals surface area contributed by atoms with Crippen molar-refractivity contribution in [2.75, 3.05) is 5.88 Å². The SMILES string of the molecule is Cn1cc(CC(CCl)c2ccc(F)cc2)nn1. The van der Waals surface area contributed by atoms with E-state index < -0.39 is 0 Å². The van der Waals surface area contributed by atoms with E-state index in [1.165, 1.54) is 12.1 Å². The van der Waals surface area contributed by atoms with Gasteiger partial charge in [-0.05, 0) is 17.7 Å². The minimum Gasteiger partial charge on any atom is -0.255 e. The molecule has 17 heavy (non-hydrogen) atoms. The summed E-state index contributed by atoms with van der Waals surface area (Å²) in [4.78, 5) is 0. The Bertz CT molecular complexity index is 481. The summed E-state index contributed by atoms with van der Waals surface area (Å²) in [6.45, 7) is 0. The second-order valence-corrected chi connectivity index (χ2v) is 4.30. The van der Waals surface area contributed by atoms with Gasteiger partial charge in [-0.1, -0.05) is 17.3 Å². The van der Waals surface area contributed by atoms with Gasteiger partial charge in [0.05, 0.1) is 5.69 Å². The summed E-state index contributed by atoms with van der Waals surface area (Å²) in [6, 6.07) is 6.43.